The number of ether oxygens (including phenoxy) is 1. The first-order valence-electron chi connectivity index (χ1n) is 5.80. The lowest BCUT2D eigenvalue weighted by Crippen LogP contribution is -2.53. The fourth-order valence-electron chi connectivity index (χ4n) is 1.56. The molecule has 0 aliphatic rings. The number of nitrogens with two attached hydrogens (primary N) is 1. The van der Waals surface area contributed by atoms with Crippen molar-refractivity contribution in [2.24, 2.45) is 11.1 Å². The summed E-state index contributed by atoms with van der Waals surface area (Å²) in [6.07, 6.45) is 0. The third-order valence-electron chi connectivity index (χ3n) is 2.76. The van der Waals surface area contributed by atoms with E-state index in [0.717, 1.165) is 0 Å². The normalized spacial score (nSPS) is 15.7. The van der Waals surface area contributed by atoms with Gasteiger partial charge >= 0.3 is 0 Å². The fourth-order valence-corrected chi connectivity index (χ4v) is 1.56. The van der Waals surface area contributed by atoms with Gasteiger partial charge in [0, 0.05) is 13.7 Å². The van der Waals surface area contributed by atoms with Gasteiger partial charge in [0.25, 0.3) is 0 Å². The van der Waals surface area contributed by atoms with Gasteiger partial charge in [-0.25, -0.2) is 0 Å². The summed E-state index contributed by atoms with van der Waals surface area (Å²) in [5.74, 6) is -0.000417. The summed E-state index contributed by atoms with van der Waals surface area (Å²) in [5, 5.41) is 0. The van der Waals surface area contributed by atoms with Crippen LogP contribution in [0.15, 0.2) is 0 Å². The summed E-state index contributed by atoms with van der Waals surface area (Å²) in [6, 6.07) is -0.400. The average Bonchev–Trinajstić information content (AvgIpc) is 2.16. The summed E-state index contributed by atoms with van der Waals surface area (Å²) < 4.78 is 5.07. The van der Waals surface area contributed by atoms with Crippen molar-refractivity contribution in [3.8, 4) is 0 Å². The molecule has 2 N–H and O–H groups in total. The van der Waals surface area contributed by atoms with Crippen molar-refractivity contribution in [3.63, 3.8) is 0 Å². The number of methoxy groups -OCH3 is 1. The molecule has 0 bridgehead atoms. The molecule has 0 saturated carbocycles. The fraction of sp³-hybridized carbons (Fsp3) is 0.917. The second kappa shape index (κ2) is 6.21. The van der Waals surface area contributed by atoms with Crippen molar-refractivity contribution in [1.82, 2.24) is 4.90 Å². The van der Waals surface area contributed by atoms with Crippen LogP contribution in [0.25, 0.3) is 0 Å². The number of nitrogens with zero attached hydrogens (tertiary/aromatic N) is 1. The third kappa shape index (κ3) is 4.10. The summed E-state index contributed by atoms with van der Waals surface area (Å²) in [7, 11) is 1.64. The molecule has 2 atom stereocenters. The predicted octanol–water partition coefficient (Wildman–Crippen LogP) is 1.24. The zero-order valence-corrected chi connectivity index (χ0v) is 11.4. The molecule has 16 heavy (non-hydrogen) atoms. The Morgan fingerprint density at radius 3 is 2.25 bits per heavy atom. The molecule has 0 aliphatic heterocycles. The van der Waals surface area contributed by atoms with E-state index in [1.165, 1.54) is 0 Å². The van der Waals surface area contributed by atoms with E-state index in [9.17, 15) is 4.79 Å². The van der Waals surface area contributed by atoms with Crippen LogP contribution >= 0.6 is 0 Å². The van der Waals surface area contributed by atoms with Gasteiger partial charge in [-0.15, -0.1) is 0 Å². The number of amides is 1. The van der Waals surface area contributed by atoms with Crippen LogP contribution < -0.4 is 5.73 Å². The van der Waals surface area contributed by atoms with E-state index in [1.807, 2.05) is 34.6 Å². The zero-order chi connectivity index (χ0) is 12.9. The first-order chi connectivity index (χ1) is 7.25. The Bertz CT molecular complexity index is 224. The molecule has 0 saturated heterocycles. The number of hydrogen-bond acceptors (Lipinski definition) is 3. The molecule has 4 nitrogen and oxygen atoms in total. The van der Waals surface area contributed by atoms with E-state index in [2.05, 4.69) is 0 Å². The standard InChI is InChI=1S/C12H26N2O2/c1-7-14(9(2)8-16-6)11(15)10(13)12(3,4)5/h9-10H,7-8,13H2,1-6H3/t9?,10-/m1/s1. The molecule has 0 radical (unpaired) electrons. The predicted molar refractivity (Wildman–Crippen MR) is 66.2 cm³/mol. The Morgan fingerprint density at radius 1 is 1.44 bits per heavy atom. The molecule has 0 spiro atoms. The van der Waals surface area contributed by atoms with Crippen molar-refractivity contribution < 1.29 is 9.53 Å². The summed E-state index contributed by atoms with van der Waals surface area (Å²) in [6.45, 7) is 11.1. The number of rotatable bonds is 5. The highest BCUT2D eigenvalue weighted by Gasteiger charge is 2.32. The molecule has 4 heteroatoms. The van der Waals surface area contributed by atoms with Gasteiger partial charge in [-0.3, -0.25) is 4.79 Å². The van der Waals surface area contributed by atoms with Crippen LogP contribution in [0.1, 0.15) is 34.6 Å². The van der Waals surface area contributed by atoms with Gasteiger partial charge < -0.3 is 15.4 Å². The van der Waals surface area contributed by atoms with Crippen molar-refractivity contribution in [2.45, 2.75) is 46.7 Å². The van der Waals surface area contributed by atoms with Gasteiger partial charge in [-0.05, 0) is 19.3 Å². The van der Waals surface area contributed by atoms with Gasteiger partial charge in [-0.2, -0.15) is 0 Å². The smallest absolute Gasteiger partial charge is 0.240 e. The van der Waals surface area contributed by atoms with E-state index in [1.54, 1.807) is 12.0 Å². The molecular weight excluding hydrogens is 204 g/mol. The summed E-state index contributed by atoms with van der Waals surface area (Å²) in [4.78, 5) is 14.0. The highest BCUT2D eigenvalue weighted by atomic mass is 16.5. The second-order valence-corrected chi connectivity index (χ2v) is 5.27. The first-order valence-corrected chi connectivity index (χ1v) is 5.80. The Kier molecular flexibility index (Phi) is 5.97. The minimum absolute atomic E-state index is 0.000417. The highest BCUT2D eigenvalue weighted by Crippen LogP contribution is 2.19. The topological polar surface area (TPSA) is 55.6 Å². The SMILES string of the molecule is CCN(C(=O)[C@@H](N)C(C)(C)C)C(C)COC. The van der Waals surface area contributed by atoms with Crippen molar-refractivity contribution >= 4 is 5.91 Å². The highest BCUT2D eigenvalue weighted by molar-refractivity contribution is 5.82. The average molecular weight is 230 g/mol. The Hall–Kier alpha value is -0.610. The molecule has 0 aromatic heterocycles. The van der Waals surface area contributed by atoms with E-state index in [-0.39, 0.29) is 17.4 Å². The molecule has 0 fully saturated rings. The minimum atomic E-state index is -0.466. The largest absolute Gasteiger partial charge is 0.383 e. The van der Waals surface area contributed by atoms with Crippen LogP contribution in [0.4, 0.5) is 0 Å². The van der Waals surface area contributed by atoms with Gasteiger partial charge in [0.2, 0.25) is 5.91 Å². The maximum atomic E-state index is 12.2. The summed E-state index contributed by atoms with van der Waals surface area (Å²) >= 11 is 0. The number of carbonyl (C=O) groups is 1. The molecule has 0 heterocycles. The molecular formula is C12H26N2O2. The van der Waals surface area contributed by atoms with E-state index < -0.39 is 6.04 Å². The van der Waals surface area contributed by atoms with Crippen molar-refractivity contribution in [3.05, 3.63) is 0 Å². The molecule has 1 amide bonds. The van der Waals surface area contributed by atoms with Crippen LogP contribution in [0, 0.1) is 5.41 Å². The maximum absolute atomic E-state index is 12.2. The Balaban J connectivity index is 4.65. The Morgan fingerprint density at radius 2 is 1.94 bits per heavy atom. The molecule has 96 valence electrons. The van der Waals surface area contributed by atoms with Crippen molar-refractivity contribution in [2.75, 3.05) is 20.3 Å². The van der Waals surface area contributed by atoms with Crippen molar-refractivity contribution in [1.29, 1.82) is 0 Å². The van der Waals surface area contributed by atoms with E-state index >= 15 is 0 Å². The quantitative estimate of drug-likeness (QED) is 0.773. The number of likely N-dealkylation sites (N-methyl/N-ethyl adjacent to an activating group) is 1. The minimum Gasteiger partial charge on any atom is -0.383 e. The van der Waals surface area contributed by atoms with E-state index in [4.69, 9.17) is 10.5 Å². The zero-order valence-electron chi connectivity index (χ0n) is 11.4. The van der Waals surface area contributed by atoms with Crippen LogP contribution in [-0.4, -0.2) is 43.2 Å². The Labute approximate surface area is 99.1 Å². The van der Waals surface area contributed by atoms with Gasteiger partial charge in [0.15, 0.2) is 0 Å². The second-order valence-electron chi connectivity index (χ2n) is 5.27. The van der Waals surface area contributed by atoms with Crippen LogP contribution in [0.2, 0.25) is 0 Å². The molecule has 1 unspecified atom stereocenters. The van der Waals surface area contributed by atoms with Crippen LogP contribution in [0.5, 0.6) is 0 Å². The molecule has 0 aliphatic carbocycles. The van der Waals surface area contributed by atoms with Gasteiger partial charge in [-0.1, -0.05) is 20.8 Å². The first kappa shape index (κ1) is 15.4. The summed E-state index contributed by atoms with van der Waals surface area (Å²) in [5.41, 5.74) is 5.76. The lowest BCUT2D eigenvalue weighted by molar-refractivity contribution is -0.137. The van der Waals surface area contributed by atoms with Crippen LogP contribution in [-0.2, 0) is 9.53 Å². The van der Waals surface area contributed by atoms with Gasteiger partial charge in [0.05, 0.1) is 18.7 Å². The van der Waals surface area contributed by atoms with Crippen LogP contribution in [0.3, 0.4) is 0 Å². The van der Waals surface area contributed by atoms with Gasteiger partial charge in [0.1, 0.15) is 0 Å². The van der Waals surface area contributed by atoms with E-state index in [0.29, 0.717) is 13.2 Å². The molecule has 0 aromatic carbocycles. The number of hydrogen-bond donors (Lipinski definition) is 1. The lowest BCUT2D eigenvalue weighted by atomic mass is 9.86. The third-order valence-corrected chi connectivity index (χ3v) is 2.76. The maximum Gasteiger partial charge on any atom is 0.240 e. The molecule has 0 rings (SSSR count). The monoisotopic (exact) mass is 230 g/mol. The lowest BCUT2D eigenvalue weighted by Gasteiger charge is -2.34. The number of carbonyl (C=O) groups excluding carboxylic acids is 1. The molecule has 0 aromatic rings.